The normalized spacial score (nSPS) is 15.0. The van der Waals surface area contributed by atoms with Gasteiger partial charge < -0.3 is 0 Å². The van der Waals surface area contributed by atoms with Crippen molar-refractivity contribution in [2.24, 2.45) is 5.92 Å². The smallest absolute Gasteiger partial charge is 0.0996 e. The highest BCUT2D eigenvalue weighted by Crippen LogP contribution is 2.33. The first-order chi connectivity index (χ1) is 10.3. The number of halogens is 1. The number of hydrogen-bond acceptors (Lipinski definition) is 2. The predicted molar refractivity (Wildman–Crippen MR) is 86.5 cm³/mol. The van der Waals surface area contributed by atoms with Crippen LogP contribution >= 0.6 is 11.6 Å². The van der Waals surface area contributed by atoms with E-state index in [0.717, 1.165) is 21.8 Å². The zero-order valence-corrected chi connectivity index (χ0v) is 12.5. The number of hydrogen-bond donors (Lipinski definition) is 1. The van der Waals surface area contributed by atoms with E-state index in [1.165, 1.54) is 12.8 Å². The molecule has 1 aliphatic rings. The second-order valence-corrected chi connectivity index (χ2v) is 5.74. The molecule has 3 rings (SSSR count). The Bertz CT molecular complexity index is 603. The van der Waals surface area contributed by atoms with E-state index in [2.05, 4.69) is 11.6 Å². The Kier molecular flexibility index (Phi) is 4.59. The molecule has 0 amide bonds. The molecule has 3 heteroatoms. The van der Waals surface area contributed by atoms with Gasteiger partial charge in [0, 0.05) is 5.02 Å². The van der Waals surface area contributed by atoms with Crippen LogP contribution in [-0.2, 0) is 11.4 Å². The monoisotopic (exact) mass is 299 g/mol. The third-order valence-corrected chi connectivity index (χ3v) is 3.70. The lowest BCUT2D eigenvalue weighted by atomic mass is 10.1. The van der Waals surface area contributed by atoms with E-state index in [4.69, 9.17) is 16.4 Å². The van der Waals surface area contributed by atoms with E-state index < -0.39 is 0 Å². The molecule has 0 atom stereocenters. The largest absolute Gasteiger partial charge is 0.271 e. The molecule has 2 aromatic carbocycles. The number of allylic oxidation sites excluding steroid dienone is 1. The molecule has 0 heterocycles. The van der Waals surface area contributed by atoms with Crippen molar-refractivity contribution < 1.29 is 4.84 Å². The Hall–Kier alpha value is -1.77. The summed E-state index contributed by atoms with van der Waals surface area (Å²) in [6, 6.07) is 17.9. The van der Waals surface area contributed by atoms with Gasteiger partial charge in [0.25, 0.3) is 0 Å². The lowest BCUT2D eigenvalue weighted by Gasteiger charge is -2.12. The molecule has 0 spiro atoms. The van der Waals surface area contributed by atoms with Crippen LogP contribution in [0.15, 0.2) is 60.7 Å². The van der Waals surface area contributed by atoms with E-state index >= 15 is 0 Å². The first-order valence-corrected chi connectivity index (χ1v) is 7.58. The maximum Gasteiger partial charge on any atom is 0.0996 e. The van der Waals surface area contributed by atoms with Crippen LogP contribution in [0.5, 0.6) is 0 Å². The number of nitrogens with one attached hydrogen (secondary N) is 1. The molecular weight excluding hydrogens is 282 g/mol. The molecule has 1 aliphatic carbocycles. The van der Waals surface area contributed by atoms with E-state index in [1.54, 1.807) is 0 Å². The summed E-state index contributed by atoms with van der Waals surface area (Å²) in [5, 5.41) is 0.745. The van der Waals surface area contributed by atoms with Gasteiger partial charge in [-0.3, -0.25) is 10.3 Å². The molecule has 0 aliphatic heterocycles. The molecule has 0 radical (unpaired) electrons. The standard InChI is InChI=1S/C18H18ClNO/c19-17-10-8-16(9-11-17)18(12-14-6-7-14)20-21-13-15-4-2-1-3-5-15/h1-5,8-12,14,20H,6-7,13H2. The van der Waals surface area contributed by atoms with Crippen LogP contribution in [0.2, 0.25) is 5.02 Å². The van der Waals surface area contributed by atoms with Gasteiger partial charge in [0.1, 0.15) is 0 Å². The van der Waals surface area contributed by atoms with Gasteiger partial charge in [0.05, 0.1) is 12.3 Å². The minimum absolute atomic E-state index is 0.538. The van der Waals surface area contributed by atoms with Gasteiger partial charge in [-0.1, -0.05) is 60.1 Å². The van der Waals surface area contributed by atoms with Crippen LogP contribution in [0.1, 0.15) is 24.0 Å². The minimum Gasteiger partial charge on any atom is -0.271 e. The number of benzene rings is 2. The Labute approximate surface area is 130 Å². The summed E-state index contributed by atoms with van der Waals surface area (Å²) in [4.78, 5) is 5.64. The Balaban J connectivity index is 1.64. The van der Waals surface area contributed by atoms with Gasteiger partial charge in [-0.25, -0.2) is 0 Å². The molecule has 0 saturated heterocycles. The lowest BCUT2D eigenvalue weighted by Crippen LogP contribution is -2.13. The lowest BCUT2D eigenvalue weighted by molar-refractivity contribution is 0.0644. The Morgan fingerprint density at radius 3 is 2.48 bits per heavy atom. The molecule has 2 nitrogen and oxygen atoms in total. The van der Waals surface area contributed by atoms with E-state index in [0.29, 0.717) is 12.5 Å². The summed E-state index contributed by atoms with van der Waals surface area (Å²) in [6.07, 6.45) is 4.77. The van der Waals surface area contributed by atoms with Crippen LogP contribution < -0.4 is 5.48 Å². The second kappa shape index (κ2) is 6.79. The van der Waals surface area contributed by atoms with Crippen molar-refractivity contribution in [1.29, 1.82) is 0 Å². The van der Waals surface area contributed by atoms with Gasteiger partial charge in [0.2, 0.25) is 0 Å². The summed E-state index contributed by atoms with van der Waals surface area (Å²) in [7, 11) is 0. The van der Waals surface area contributed by atoms with Crippen LogP contribution in [0.4, 0.5) is 0 Å². The van der Waals surface area contributed by atoms with Crippen molar-refractivity contribution in [3.8, 4) is 0 Å². The van der Waals surface area contributed by atoms with Gasteiger partial charge in [0.15, 0.2) is 0 Å². The highest BCUT2D eigenvalue weighted by atomic mass is 35.5. The van der Waals surface area contributed by atoms with Crippen molar-refractivity contribution >= 4 is 17.3 Å². The highest BCUT2D eigenvalue weighted by molar-refractivity contribution is 6.30. The van der Waals surface area contributed by atoms with Crippen molar-refractivity contribution in [3.63, 3.8) is 0 Å². The molecular formula is C18H18ClNO. The molecule has 2 aromatic rings. The van der Waals surface area contributed by atoms with Crippen LogP contribution in [0.3, 0.4) is 0 Å². The predicted octanol–water partition coefficient (Wildman–Crippen LogP) is 4.81. The van der Waals surface area contributed by atoms with Gasteiger partial charge in [-0.05, 0) is 42.0 Å². The molecule has 0 bridgehead atoms. The summed E-state index contributed by atoms with van der Waals surface area (Å²) in [5.74, 6) is 0.670. The quantitative estimate of drug-likeness (QED) is 0.773. The van der Waals surface area contributed by atoms with Gasteiger partial charge >= 0.3 is 0 Å². The zero-order chi connectivity index (χ0) is 14.5. The molecule has 0 unspecified atom stereocenters. The van der Waals surface area contributed by atoms with Crippen molar-refractivity contribution in [2.45, 2.75) is 19.4 Å². The molecule has 21 heavy (non-hydrogen) atoms. The minimum atomic E-state index is 0.538. The maximum atomic E-state index is 5.95. The Morgan fingerprint density at radius 2 is 1.81 bits per heavy atom. The Morgan fingerprint density at radius 1 is 1.10 bits per heavy atom. The topological polar surface area (TPSA) is 21.3 Å². The third-order valence-electron chi connectivity index (χ3n) is 3.44. The van der Waals surface area contributed by atoms with E-state index in [-0.39, 0.29) is 0 Å². The SMILES string of the molecule is Clc1ccc(C(=CC2CC2)NOCc2ccccc2)cc1. The maximum absolute atomic E-state index is 5.95. The van der Waals surface area contributed by atoms with E-state index in [1.807, 2.05) is 54.6 Å². The van der Waals surface area contributed by atoms with Crippen LogP contribution in [0, 0.1) is 5.92 Å². The fraction of sp³-hybridized carbons (Fsp3) is 0.222. The second-order valence-electron chi connectivity index (χ2n) is 5.30. The fourth-order valence-electron chi connectivity index (χ4n) is 2.09. The van der Waals surface area contributed by atoms with E-state index in [9.17, 15) is 0 Å². The summed E-state index contributed by atoms with van der Waals surface area (Å²) >= 11 is 5.95. The number of hydroxylamine groups is 1. The molecule has 0 aromatic heterocycles. The number of rotatable bonds is 6. The van der Waals surface area contributed by atoms with Crippen molar-refractivity contribution in [3.05, 3.63) is 76.8 Å². The van der Waals surface area contributed by atoms with Gasteiger partial charge in [-0.2, -0.15) is 0 Å². The highest BCUT2D eigenvalue weighted by Gasteiger charge is 2.20. The van der Waals surface area contributed by atoms with Crippen molar-refractivity contribution in [2.75, 3.05) is 0 Å². The van der Waals surface area contributed by atoms with Crippen molar-refractivity contribution in [1.82, 2.24) is 5.48 Å². The average molecular weight is 300 g/mol. The first-order valence-electron chi connectivity index (χ1n) is 7.21. The van der Waals surface area contributed by atoms with Crippen LogP contribution in [-0.4, -0.2) is 0 Å². The summed E-state index contributed by atoms with van der Waals surface area (Å²) in [6.45, 7) is 0.538. The zero-order valence-electron chi connectivity index (χ0n) is 11.8. The summed E-state index contributed by atoms with van der Waals surface area (Å²) < 4.78 is 0. The molecule has 1 fully saturated rings. The van der Waals surface area contributed by atoms with Crippen LogP contribution in [0.25, 0.3) is 5.70 Å². The van der Waals surface area contributed by atoms with Gasteiger partial charge in [-0.15, -0.1) is 0 Å². The first kappa shape index (κ1) is 14.2. The fourth-order valence-corrected chi connectivity index (χ4v) is 2.21. The third kappa shape index (κ3) is 4.35. The molecule has 1 saturated carbocycles. The average Bonchev–Trinajstić information content (AvgIpc) is 3.32. The molecule has 108 valence electrons. The summed E-state index contributed by atoms with van der Waals surface area (Å²) in [5.41, 5.74) is 6.35. The molecule has 1 N–H and O–H groups in total.